The maximum absolute atomic E-state index is 13.8. The number of halogens is 2. The maximum Gasteiger partial charge on any atom is 0.262 e. The molecular weight excluding hydrogens is 278 g/mol. The van der Waals surface area contributed by atoms with Gasteiger partial charge in [0.1, 0.15) is 22.9 Å². The number of carbonyl (C=O) groups excluding carboxylic acids is 1. The SMILES string of the molecule is COc1cccc(F)c1C(=O)Nc1ccc(F)c(CN)c1. The van der Waals surface area contributed by atoms with Crippen molar-refractivity contribution in [3.05, 3.63) is 59.2 Å². The third-order valence-electron chi connectivity index (χ3n) is 2.95. The Bertz CT molecular complexity index is 675. The van der Waals surface area contributed by atoms with Crippen LogP contribution in [0.4, 0.5) is 14.5 Å². The van der Waals surface area contributed by atoms with Crippen LogP contribution in [-0.4, -0.2) is 13.0 Å². The Kier molecular flexibility index (Phi) is 4.49. The van der Waals surface area contributed by atoms with E-state index in [-0.39, 0.29) is 23.4 Å². The molecule has 0 fully saturated rings. The molecule has 0 aliphatic heterocycles. The monoisotopic (exact) mass is 292 g/mol. The second kappa shape index (κ2) is 6.32. The first-order chi connectivity index (χ1) is 10.1. The Morgan fingerprint density at radius 3 is 2.67 bits per heavy atom. The number of nitrogens with two attached hydrogens (primary N) is 1. The van der Waals surface area contributed by atoms with Crippen LogP contribution in [0.15, 0.2) is 36.4 Å². The first-order valence-corrected chi connectivity index (χ1v) is 6.19. The van der Waals surface area contributed by atoms with Crippen molar-refractivity contribution in [1.29, 1.82) is 0 Å². The van der Waals surface area contributed by atoms with Gasteiger partial charge in [0.05, 0.1) is 7.11 Å². The van der Waals surface area contributed by atoms with Crippen LogP contribution in [0, 0.1) is 11.6 Å². The number of methoxy groups -OCH3 is 1. The molecule has 110 valence electrons. The minimum absolute atomic E-state index is 0.00143. The molecule has 0 aromatic heterocycles. The van der Waals surface area contributed by atoms with E-state index in [2.05, 4.69) is 5.32 Å². The highest BCUT2D eigenvalue weighted by Gasteiger charge is 2.18. The van der Waals surface area contributed by atoms with E-state index in [1.165, 1.54) is 37.4 Å². The molecule has 2 aromatic carbocycles. The van der Waals surface area contributed by atoms with Crippen molar-refractivity contribution >= 4 is 11.6 Å². The molecule has 0 spiro atoms. The molecule has 0 unspecified atom stereocenters. The van der Waals surface area contributed by atoms with E-state index in [1.807, 2.05) is 0 Å². The molecule has 0 saturated carbocycles. The number of ether oxygens (including phenoxy) is 1. The number of hydrogen-bond acceptors (Lipinski definition) is 3. The maximum atomic E-state index is 13.8. The number of rotatable bonds is 4. The summed E-state index contributed by atoms with van der Waals surface area (Å²) < 4.78 is 32.1. The van der Waals surface area contributed by atoms with E-state index >= 15 is 0 Å². The molecular formula is C15H14F2N2O2. The fourth-order valence-corrected chi connectivity index (χ4v) is 1.90. The lowest BCUT2D eigenvalue weighted by Gasteiger charge is -2.11. The van der Waals surface area contributed by atoms with Crippen molar-refractivity contribution in [2.45, 2.75) is 6.54 Å². The first-order valence-electron chi connectivity index (χ1n) is 6.19. The van der Waals surface area contributed by atoms with Crippen molar-refractivity contribution < 1.29 is 18.3 Å². The molecule has 0 saturated heterocycles. The topological polar surface area (TPSA) is 64.3 Å². The predicted molar refractivity (Wildman–Crippen MR) is 75.2 cm³/mol. The van der Waals surface area contributed by atoms with Crippen LogP contribution in [-0.2, 0) is 6.54 Å². The van der Waals surface area contributed by atoms with E-state index in [9.17, 15) is 13.6 Å². The highest BCUT2D eigenvalue weighted by atomic mass is 19.1. The third kappa shape index (κ3) is 3.17. The Labute approximate surface area is 120 Å². The third-order valence-corrected chi connectivity index (χ3v) is 2.95. The molecule has 6 heteroatoms. The molecule has 2 rings (SSSR count). The predicted octanol–water partition coefficient (Wildman–Crippen LogP) is 2.68. The fraction of sp³-hybridized carbons (Fsp3) is 0.133. The molecule has 21 heavy (non-hydrogen) atoms. The molecule has 4 nitrogen and oxygen atoms in total. The number of benzene rings is 2. The van der Waals surface area contributed by atoms with E-state index in [0.29, 0.717) is 5.69 Å². The molecule has 3 N–H and O–H groups in total. The van der Waals surface area contributed by atoms with Gasteiger partial charge in [-0.1, -0.05) is 6.07 Å². The molecule has 0 heterocycles. The van der Waals surface area contributed by atoms with Gasteiger partial charge in [-0.05, 0) is 30.3 Å². The van der Waals surface area contributed by atoms with Crippen LogP contribution in [0.25, 0.3) is 0 Å². The zero-order chi connectivity index (χ0) is 15.4. The summed E-state index contributed by atoms with van der Waals surface area (Å²) in [7, 11) is 1.34. The van der Waals surface area contributed by atoms with Crippen LogP contribution < -0.4 is 15.8 Å². The largest absolute Gasteiger partial charge is 0.496 e. The Balaban J connectivity index is 2.30. The quantitative estimate of drug-likeness (QED) is 0.910. The summed E-state index contributed by atoms with van der Waals surface area (Å²) in [6, 6.07) is 8.05. The summed E-state index contributed by atoms with van der Waals surface area (Å²) in [5.41, 5.74) is 5.77. The van der Waals surface area contributed by atoms with Gasteiger partial charge >= 0.3 is 0 Å². The van der Waals surface area contributed by atoms with Crippen molar-refractivity contribution in [2.75, 3.05) is 12.4 Å². The van der Waals surface area contributed by atoms with Gasteiger partial charge in [0, 0.05) is 17.8 Å². The van der Waals surface area contributed by atoms with E-state index in [4.69, 9.17) is 10.5 Å². The molecule has 0 radical (unpaired) electrons. The normalized spacial score (nSPS) is 10.3. The molecule has 1 amide bonds. The molecule has 2 aromatic rings. The number of hydrogen-bond donors (Lipinski definition) is 2. The van der Waals surface area contributed by atoms with Gasteiger partial charge in [0.2, 0.25) is 0 Å². The lowest BCUT2D eigenvalue weighted by Crippen LogP contribution is -2.15. The highest BCUT2D eigenvalue weighted by Crippen LogP contribution is 2.23. The lowest BCUT2D eigenvalue weighted by molar-refractivity contribution is 0.102. The lowest BCUT2D eigenvalue weighted by atomic mass is 10.1. The second-order valence-electron chi connectivity index (χ2n) is 4.28. The number of carbonyl (C=O) groups is 1. The van der Waals surface area contributed by atoms with Crippen LogP contribution in [0.5, 0.6) is 5.75 Å². The zero-order valence-electron chi connectivity index (χ0n) is 11.3. The molecule has 0 atom stereocenters. The fourth-order valence-electron chi connectivity index (χ4n) is 1.90. The van der Waals surface area contributed by atoms with Crippen LogP contribution >= 0.6 is 0 Å². The van der Waals surface area contributed by atoms with Gasteiger partial charge in [-0.25, -0.2) is 8.78 Å². The van der Waals surface area contributed by atoms with Crippen molar-refractivity contribution in [2.24, 2.45) is 5.73 Å². The Hall–Kier alpha value is -2.47. The standard InChI is InChI=1S/C15H14F2N2O2/c1-21-13-4-2-3-12(17)14(13)15(20)19-10-5-6-11(16)9(7-10)8-18/h2-7H,8,18H2,1H3,(H,19,20). The molecule has 0 aliphatic rings. The van der Waals surface area contributed by atoms with Crippen molar-refractivity contribution in [1.82, 2.24) is 0 Å². The van der Waals surface area contributed by atoms with Gasteiger partial charge in [-0.2, -0.15) is 0 Å². The van der Waals surface area contributed by atoms with Gasteiger partial charge in [0.15, 0.2) is 0 Å². The molecule has 0 bridgehead atoms. The summed E-state index contributed by atoms with van der Waals surface area (Å²) in [4.78, 5) is 12.1. The van der Waals surface area contributed by atoms with Crippen LogP contribution in [0.1, 0.15) is 15.9 Å². The van der Waals surface area contributed by atoms with Crippen LogP contribution in [0.2, 0.25) is 0 Å². The average molecular weight is 292 g/mol. The number of anilines is 1. The Morgan fingerprint density at radius 2 is 2.00 bits per heavy atom. The minimum Gasteiger partial charge on any atom is -0.496 e. The summed E-state index contributed by atoms with van der Waals surface area (Å²) in [5, 5.41) is 2.49. The number of amides is 1. The highest BCUT2D eigenvalue weighted by molar-refractivity contribution is 6.06. The van der Waals surface area contributed by atoms with Gasteiger partial charge < -0.3 is 15.8 Å². The minimum atomic E-state index is -0.701. The first kappa shape index (κ1) is 14.9. The van der Waals surface area contributed by atoms with Gasteiger partial charge in [-0.15, -0.1) is 0 Å². The zero-order valence-corrected chi connectivity index (χ0v) is 11.3. The van der Waals surface area contributed by atoms with Gasteiger partial charge in [0.25, 0.3) is 5.91 Å². The number of nitrogens with one attached hydrogen (secondary N) is 1. The smallest absolute Gasteiger partial charge is 0.262 e. The van der Waals surface area contributed by atoms with E-state index in [1.54, 1.807) is 0 Å². The molecule has 0 aliphatic carbocycles. The summed E-state index contributed by atoms with van der Waals surface area (Å²) in [5.74, 6) is -1.72. The summed E-state index contributed by atoms with van der Waals surface area (Å²) in [6.45, 7) is -0.00143. The average Bonchev–Trinajstić information content (AvgIpc) is 2.48. The second-order valence-corrected chi connectivity index (χ2v) is 4.28. The summed E-state index contributed by atoms with van der Waals surface area (Å²) >= 11 is 0. The van der Waals surface area contributed by atoms with Gasteiger partial charge in [-0.3, -0.25) is 4.79 Å². The Morgan fingerprint density at radius 1 is 1.24 bits per heavy atom. The van der Waals surface area contributed by atoms with E-state index < -0.39 is 17.5 Å². The van der Waals surface area contributed by atoms with Crippen molar-refractivity contribution in [3.8, 4) is 5.75 Å². The van der Waals surface area contributed by atoms with Crippen molar-refractivity contribution in [3.63, 3.8) is 0 Å². The van der Waals surface area contributed by atoms with E-state index in [0.717, 1.165) is 6.07 Å². The van der Waals surface area contributed by atoms with Crippen LogP contribution in [0.3, 0.4) is 0 Å². The summed E-state index contributed by atoms with van der Waals surface area (Å²) in [6.07, 6.45) is 0.